The first-order valence-corrected chi connectivity index (χ1v) is 10.7. The van der Waals surface area contributed by atoms with Crippen LogP contribution in [0.25, 0.3) is 11.3 Å². The van der Waals surface area contributed by atoms with Gasteiger partial charge in [-0.1, -0.05) is 42.5 Å². The Bertz CT molecular complexity index is 1080. The number of carbonyl (C=O) groups is 1. The molecule has 2 N–H and O–H groups in total. The number of thiophene rings is 1. The van der Waals surface area contributed by atoms with E-state index in [9.17, 15) is 4.79 Å². The van der Waals surface area contributed by atoms with E-state index >= 15 is 0 Å². The predicted molar refractivity (Wildman–Crippen MR) is 122 cm³/mol. The largest absolute Gasteiger partial charge is 0.369 e. The molecule has 0 unspecified atom stereocenters. The molecule has 0 saturated heterocycles. The van der Waals surface area contributed by atoms with E-state index < -0.39 is 0 Å². The topological polar surface area (TPSA) is 66.9 Å². The van der Waals surface area contributed by atoms with Gasteiger partial charge in [-0.05, 0) is 41.6 Å². The SMILES string of the molecule is O=C(NCc1cccnc1)c1ccc(-c2ccccc2)nc1NCCc1cccs1. The van der Waals surface area contributed by atoms with Gasteiger partial charge in [-0.2, -0.15) is 0 Å². The molecule has 4 rings (SSSR count). The molecular weight excluding hydrogens is 392 g/mol. The summed E-state index contributed by atoms with van der Waals surface area (Å²) in [5.41, 5.74) is 3.33. The Morgan fingerprint density at radius 2 is 1.87 bits per heavy atom. The summed E-state index contributed by atoms with van der Waals surface area (Å²) in [5.74, 6) is 0.432. The summed E-state index contributed by atoms with van der Waals surface area (Å²) in [6, 6.07) is 21.6. The zero-order chi connectivity index (χ0) is 20.6. The van der Waals surface area contributed by atoms with Crippen molar-refractivity contribution in [3.8, 4) is 11.3 Å². The molecule has 0 saturated carbocycles. The van der Waals surface area contributed by atoms with Crippen molar-refractivity contribution in [2.75, 3.05) is 11.9 Å². The van der Waals surface area contributed by atoms with E-state index in [1.165, 1.54) is 4.88 Å². The highest BCUT2D eigenvalue weighted by Crippen LogP contribution is 2.22. The van der Waals surface area contributed by atoms with Crippen molar-refractivity contribution in [2.24, 2.45) is 0 Å². The number of benzene rings is 1. The molecule has 0 spiro atoms. The highest BCUT2D eigenvalue weighted by Gasteiger charge is 2.14. The van der Waals surface area contributed by atoms with Gasteiger partial charge in [0.05, 0.1) is 11.3 Å². The van der Waals surface area contributed by atoms with Crippen molar-refractivity contribution >= 4 is 23.1 Å². The highest BCUT2D eigenvalue weighted by molar-refractivity contribution is 7.09. The van der Waals surface area contributed by atoms with Crippen LogP contribution in [0.5, 0.6) is 0 Å². The van der Waals surface area contributed by atoms with Gasteiger partial charge in [-0.25, -0.2) is 4.98 Å². The zero-order valence-electron chi connectivity index (χ0n) is 16.4. The second kappa shape index (κ2) is 9.80. The van der Waals surface area contributed by atoms with Gasteiger partial charge in [-0.15, -0.1) is 11.3 Å². The second-order valence-electron chi connectivity index (χ2n) is 6.76. The normalized spacial score (nSPS) is 10.5. The van der Waals surface area contributed by atoms with Crippen LogP contribution in [0, 0.1) is 0 Å². The summed E-state index contributed by atoms with van der Waals surface area (Å²) in [5, 5.41) is 8.40. The fraction of sp³-hybridized carbons (Fsp3) is 0.125. The zero-order valence-corrected chi connectivity index (χ0v) is 17.2. The maximum absolute atomic E-state index is 12.9. The second-order valence-corrected chi connectivity index (χ2v) is 7.79. The molecule has 1 aromatic carbocycles. The third-order valence-electron chi connectivity index (χ3n) is 4.63. The number of carbonyl (C=O) groups excluding carboxylic acids is 1. The summed E-state index contributed by atoms with van der Waals surface area (Å²) in [6.07, 6.45) is 4.34. The predicted octanol–water partition coefficient (Wildman–Crippen LogP) is 4.79. The monoisotopic (exact) mass is 414 g/mol. The van der Waals surface area contributed by atoms with Crippen molar-refractivity contribution < 1.29 is 4.79 Å². The van der Waals surface area contributed by atoms with Gasteiger partial charge < -0.3 is 10.6 Å². The third kappa shape index (κ3) is 5.10. The number of anilines is 1. The molecule has 150 valence electrons. The van der Waals surface area contributed by atoms with E-state index in [4.69, 9.17) is 4.98 Å². The lowest BCUT2D eigenvalue weighted by atomic mass is 10.1. The van der Waals surface area contributed by atoms with Crippen LogP contribution in [0.1, 0.15) is 20.8 Å². The minimum Gasteiger partial charge on any atom is -0.369 e. The van der Waals surface area contributed by atoms with E-state index in [1.807, 2.05) is 60.7 Å². The molecule has 1 amide bonds. The maximum Gasteiger partial charge on any atom is 0.255 e. The van der Waals surface area contributed by atoms with Crippen molar-refractivity contribution in [1.29, 1.82) is 0 Å². The quantitative estimate of drug-likeness (QED) is 0.435. The van der Waals surface area contributed by atoms with Crippen molar-refractivity contribution in [3.05, 3.63) is 101 Å². The van der Waals surface area contributed by atoms with Crippen LogP contribution >= 0.6 is 11.3 Å². The third-order valence-corrected chi connectivity index (χ3v) is 5.57. The van der Waals surface area contributed by atoms with Gasteiger partial charge in [0.25, 0.3) is 5.91 Å². The molecule has 0 atom stereocenters. The molecule has 3 aromatic heterocycles. The lowest BCUT2D eigenvalue weighted by molar-refractivity contribution is 0.0951. The van der Waals surface area contributed by atoms with E-state index in [0.29, 0.717) is 24.5 Å². The first kappa shape index (κ1) is 19.8. The first-order valence-electron chi connectivity index (χ1n) is 9.79. The molecule has 0 aliphatic heterocycles. The standard InChI is InChI=1S/C24H22N4OS/c29-24(27-17-18-6-4-13-25-16-18)21-10-11-22(19-7-2-1-3-8-19)28-23(21)26-14-12-20-9-5-15-30-20/h1-11,13,15-16H,12,14,17H2,(H,26,28)(H,27,29). The summed E-state index contributed by atoms with van der Waals surface area (Å²) in [4.78, 5) is 23.0. The Morgan fingerprint density at radius 1 is 0.967 bits per heavy atom. The average molecular weight is 415 g/mol. The number of hydrogen-bond donors (Lipinski definition) is 2. The van der Waals surface area contributed by atoms with E-state index in [0.717, 1.165) is 23.2 Å². The number of hydrogen-bond acceptors (Lipinski definition) is 5. The Hall–Kier alpha value is -3.51. The van der Waals surface area contributed by atoms with Crippen molar-refractivity contribution in [3.63, 3.8) is 0 Å². The number of aromatic nitrogens is 2. The average Bonchev–Trinajstić information content (AvgIpc) is 3.32. The smallest absolute Gasteiger partial charge is 0.255 e. The molecule has 0 aliphatic rings. The summed E-state index contributed by atoms with van der Waals surface area (Å²) >= 11 is 1.73. The Morgan fingerprint density at radius 3 is 2.63 bits per heavy atom. The van der Waals surface area contributed by atoms with Crippen LogP contribution in [0.2, 0.25) is 0 Å². The van der Waals surface area contributed by atoms with E-state index in [2.05, 4.69) is 27.1 Å². The minimum atomic E-state index is -0.162. The fourth-order valence-electron chi connectivity index (χ4n) is 3.09. The molecule has 30 heavy (non-hydrogen) atoms. The number of amides is 1. The first-order chi connectivity index (χ1) is 14.8. The van der Waals surface area contributed by atoms with Gasteiger partial charge in [0.1, 0.15) is 5.82 Å². The van der Waals surface area contributed by atoms with Crippen LogP contribution in [-0.4, -0.2) is 22.4 Å². The van der Waals surface area contributed by atoms with Crippen LogP contribution in [-0.2, 0) is 13.0 Å². The highest BCUT2D eigenvalue weighted by atomic mass is 32.1. The van der Waals surface area contributed by atoms with Crippen LogP contribution in [0.15, 0.2) is 84.5 Å². The Labute approximate surface area is 179 Å². The number of rotatable bonds is 8. The molecule has 5 nitrogen and oxygen atoms in total. The molecule has 3 heterocycles. The van der Waals surface area contributed by atoms with Gasteiger partial charge >= 0.3 is 0 Å². The van der Waals surface area contributed by atoms with E-state index in [1.54, 1.807) is 23.7 Å². The minimum absolute atomic E-state index is 0.162. The molecular formula is C24H22N4OS. The summed E-state index contributed by atoms with van der Waals surface area (Å²) in [6.45, 7) is 1.12. The van der Waals surface area contributed by atoms with Crippen LogP contribution in [0.4, 0.5) is 5.82 Å². The Kier molecular flexibility index (Phi) is 6.47. The summed E-state index contributed by atoms with van der Waals surface area (Å²) < 4.78 is 0. The lowest BCUT2D eigenvalue weighted by Gasteiger charge is -2.13. The van der Waals surface area contributed by atoms with Crippen LogP contribution < -0.4 is 10.6 Å². The molecule has 6 heteroatoms. The maximum atomic E-state index is 12.9. The van der Waals surface area contributed by atoms with Crippen LogP contribution in [0.3, 0.4) is 0 Å². The molecule has 0 radical (unpaired) electrons. The Balaban J connectivity index is 1.53. The number of pyridine rings is 2. The molecule has 0 aliphatic carbocycles. The van der Waals surface area contributed by atoms with E-state index in [-0.39, 0.29) is 5.91 Å². The van der Waals surface area contributed by atoms with Crippen molar-refractivity contribution in [1.82, 2.24) is 15.3 Å². The van der Waals surface area contributed by atoms with Gasteiger partial charge in [0, 0.05) is 35.9 Å². The number of nitrogens with zero attached hydrogens (tertiary/aromatic N) is 2. The van der Waals surface area contributed by atoms with Gasteiger partial charge in [0.2, 0.25) is 0 Å². The fourth-order valence-corrected chi connectivity index (χ4v) is 3.79. The molecule has 0 fully saturated rings. The number of nitrogens with one attached hydrogen (secondary N) is 2. The summed E-state index contributed by atoms with van der Waals surface area (Å²) in [7, 11) is 0. The lowest BCUT2D eigenvalue weighted by Crippen LogP contribution is -2.24. The molecule has 0 bridgehead atoms. The van der Waals surface area contributed by atoms with Crippen molar-refractivity contribution in [2.45, 2.75) is 13.0 Å². The van der Waals surface area contributed by atoms with Gasteiger partial charge in [-0.3, -0.25) is 9.78 Å². The van der Waals surface area contributed by atoms with Gasteiger partial charge in [0.15, 0.2) is 0 Å². The molecule has 4 aromatic rings.